The topological polar surface area (TPSA) is 60.8 Å². The number of carbonyl (C=O) groups is 1. The van der Waals surface area contributed by atoms with E-state index >= 15 is 0 Å². The number of halogens is 2. The lowest BCUT2D eigenvalue weighted by Gasteiger charge is -2.25. The first-order valence-electron chi connectivity index (χ1n) is 7.60. The monoisotopic (exact) mass is 333 g/mol. The Morgan fingerprint density at radius 3 is 2.54 bits per heavy atom. The van der Waals surface area contributed by atoms with Crippen molar-refractivity contribution < 1.29 is 23.8 Å². The molecule has 1 atom stereocenters. The van der Waals surface area contributed by atoms with Gasteiger partial charge in [0.1, 0.15) is 17.2 Å². The minimum absolute atomic E-state index is 0.157. The van der Waals surface area contributed by atoms with Gasteiger partial charge >= 0.3 is 5.97 Å². The van der Waals surface area contributed by atoms with Crippen LogP contribution in [0.1, 0.15) is 27.9 Å². The van der Waals surface area contributed by atoms with Gasteiger partial charge in [0, 0.05) is 25.2 Å². The maximum absolute atomic E-state index is 14.2. The van der Waals surface area contributed by atoms with Crippen LogP contribution in [-0.2, 0) is 12.1 Å². The van der Waals surface area contributed by atoms with Crippen LogP contribution in [0.15, 0.2) is 42.5 Å². The van der Waals surface area contributed by atoms with E-state index < -0.39 is 28.8 Å². The van der Waals surface area contributed by atoms with Gasteiger partial charge in [0.15, 0.2) is 0 Å². The molecule has 0 aromatic heterocycles. The van der Waals surface area contributed by atoms with E-state index in [-0.39, 0.29) is 18.5 Å². The second-order valence-electron chi connectivity index (χ2n) is 6.09. The molecule has 1 unspecified atom stereocenters. The van der Waals surface area contributed by atoms with Gasteiger partial charge in [-0.3, -0.25) is 4.90 Å². The average Bonchev–Trinajstić information content (AvgIpc) is 2.92. The molecule has 0 aliphatic carbocycles. The van der Waals surface area contributed by atoms with Crippen molar-refractivity contribution in [3.63, 3.8) is 0 Å². The van der Waals surface area contributed by atoms with Crippen molar-refractivity contribution in [1.82, 2.24) is 4.90 Å². The lowest BCUT2D eigenvalue weighted by atomic mass is 9.91. The summed E-state index contributed by atoms with van der Waals surface area (Å²) in [5, 5.41) is 19.6. The van der Waals surface area contributed by atoms with Gasteiger partial charge in [0.2, 0.25) is 0 Å². The first-order chi connectivity index (χ1) is 11.4. The average molecular weight is 333 g/mol. The SMILES string of the molecule is O=C(O)c1cc(F)c(C2(O)CCN(Cc3ccccc3)C2)cc1F. The van der Waals surface area contributed by atoms with E-state index in [2.05, 4.69) is 0 Å². The summed E-state index contributed by atoms with van der Waals surface area (Å²) >= 11 is 0. The number of hydrogen-bond acceptors (Lipinski definition) is 3. The largest absolute Gasteiger partial charge is 0.478 e. The summed E-state index contributed by atoms with van der Waals surface area (Å²) in [6, 6.07) is 11.1. The zero-order valence-corrected chi connectivity index (χ0v) is 12.9. The van der Waals surface area contributed by atoms with E-state index in [0.29, 0.717) is 19.2 Å². The first-order valence-corrected chi connectivity index (χ1v) is 7.60. The van der Waals surface area contributed by atoms with Crippen LogP contribution in [0.25, 0.3) is 0 Å². The third kappa shape index (κ3) is 3.16. The van der Waals surface area contributed by atoms with Gasteiger partial charge in [-0.1, -0.05) is 30.3 Å². The molecule has 0 amide bonds. The normalized spacial score (nSPS) is 21.1. The fraction of sp³-hybridized carbons (Fsp3) is 0.278. The smallest absolute Gasteiger partial charge is 0.338 e. The van der Waals surface area contributed by atoms with Crippen molar-refractivity contribution in [3.05, 3.63) is 70.8 Å². The second kappa shape index (κ2) is 6.30. The molecule has 2 N–H and O–H groups in total. The molecule has 1 saturated heterocycles. The number of aliphatic hydroxyl groups is 1. The summed E-state index contributed by atoms with van der Waals surface area (Å²) in [5.74, 6) is -3.49. The molecule has 1 aliphatic rings. The predicted octanol–water partition coefficient (Wildman–Crippen LogP) is 2.76. The van der Waals surface area contributed by atoms with Crippen molar-refractivity contribution in [2.24, 2.45) is 0 Å². The fourth-order valence-electron chi connectivity index (χ4n) is 3.13. The minimum Gasteiger partial charge on any atom is -0.478 e. The van der Waals surface area contributed by atoms with Crippen molar-refractivity contribution in [1.29, 1.82) is 0 Å². The Morgan fingerprint density at radius 1 is 1.17 bits per heavy atom. The number of hydrogen-bond donors (Lipinski definition) is 2. The zero-order valence-electron chi connectivity index (χ0n) is 12.9. The zero-order chi connectivity index (χ0) is 17.3. The van der Waals surface area contributed by atoms with Gasteiger partial charge < -0.3 is 10.2 Å². The van der Waals surface area contributed by atoms with E-state index in [4.69, 9.17) is 5.11 Å². The molecule has 0 saturated carbocycles. The Kier molecular flexibility index (Phi) is 4.34. The highest BCUT2D eigenvalue weighted by molar-refractivity contribution is 5.88. The van der Waals surface area contributed by atoms with Gasteiger partial charge in [-0.05, 0) is 24.1 Å². The maximum Gasteiger partial charge on any atom is 0.338 e. The molecule has 126 valence electrons. The highest BCUT2D eigenvalue weighted by Crippen LogP contribution is 2.35. The van der Waals surface area contributed by atoms with Gasteiger partial charge in [0.05, 0.1) is 5.56 Å². The van der Waals surface area contributed by atoms with Crippen molar-refractivity contribution >= 4 is 5.97 Å². The van der Waals surface area contributed by atoms with E-state index in [9.17, 15) is 18.7 Å². The highest BCUT2D eigenvalue weighted by Gasteiger charge is 2.40. The molecule has 2 aromatic carbocycles. The molecule has 0 spiro atoms. The molecular weight excluding hydrogens is 316 g/mol. The van der Waals surface area contributed by atoms with Crippen molar-refractivity contribution in [2.75, 3.05) is 13.1 Å². The molecule has 2 aromatic rings. The number of β-amino-alcohol motifs (C(OH)–C–C–N with tert-alkyl or cyclic N) is 1. The Bertz CT molecular complexity index is 766. The molecule has 1 fully saturated rings. The van der Waals surface area contributed by atoms with Gasteiger partial charge in [-0.15, -0.1) is 0 Å². The molecule has 3 rings (SSSR count). The van der Waals surface area contributed by atoms with E-state index in [1.165, 1.54) is 0 Å². The van der Waals surface area contributed by atoms with Crippen LogP contribution in [0.5, 0.6) is 0 Å². The number of nitrogens with zero attached hydrogens (tertiary/aromatic N) is 1. The number of carboxylic acid groups (broad SMARTS) is 1. The first kappa shape index (κ1) is 16.5. The quantitative estimate of drug-likeness (QED) is 0.903. The molecule has 24 heavy (non-hydrogen) atoms. The van der Waals surface area contributed by atoms with E-state index in [1.807, 2.05) is 35.2 Å². The molecule has 6 heteroatoms. The van der Waals surface area contributed by atoms with Crippen LogP contribution in [-0.4, -0.2) is 34.2 Å². The minimum atomic E-state index is -1.54. The molecule has 0 bridgehead atoms. The van der Waals surface area contributed by atoms with E-state index in [0.717, 1.165) is 11.6 Å². The predicted molar refractivity (Wildman–Crippen MR) is 83.6 cm³/mol. The van der Waals surface area contributed by atoms with Crippen LogP contribution < -0.4 is 0 Å². The Hall–Kier alpha value is -2.31. The van der Waals surface area contributed by atoms with Crippen LogP contribution in [0.4, 0.5) is 8.78 Å². The lowest BCUT2D eigenvalue weighted by Crippen LogP contribution is -2.32. The van der Waals surface area contributed by atoms with Gasteiger partial charge in [-0.2, -0.15) is 0 Å². The van der Waals surface area contributed by atoms with Crippen LogP contribution in [0, 0.1) is 11.6 Å². The van der Waals surface area contributed by atoms with Gasteiger partial charge in [-0.25, -0.2) is 13.6 Å². The molecule has 1 heterocycles. The van der Waals surface area contributed by atoms with Crippen LogP contribution in [0.3, 0.4) is 0 Å². The molecule has 4 nitrogen and oxygen atoms in total. The summed E-state index contributed by atoms with van der Waals surface area (Å²) in [5.41, 5.74) is -1.40. The van der Waals surface area contributed by atoms with Crippen molar-refractivity contribution in [2.45, 2.75) is 18.6 Å². The third-order valence-electron chi connectivity index (χ3n) is 4.36. The van der Waals surface area contributed by atoms with Gasteiger partial charge in [0.25, 0.3) is 0 Å². The summed E-state index contributed by atoms with van der Waals surface area (Å²) in [7, 11) is 0. The number of rotatable bonds is 4. The maximum atomic E-state index is 14.2. The van der Waals surface area contributed by atoms with Crippen molar-refractivity contribution in [3.8, 4) is 0 Å². The summed E-state index contributed by atoms with van der Waals surface area (Å²) < 4.78 is 28.1. The number of benzene rings is 2. The van der Waals surface area contributed by atoms with E-state index in [1.54, 1.807) is 0 Å². The second-order valence-corrected chi connectivity index (χ2v) is 6.09. The molecule has 1 aliphatic heterocycles. The fourth-order valence-corrected chi connectivity index (χ4v) is 3.13. The number of likely N-dealkylation sites (tertiary alicyclic amines) is 1. The Balaban J connectivity index is 1.82. The molecule has 0 radical (unpaired) electrons. The van der Waals surface area contributed by atoms with Crippen LogP contribution >= 0.6 is 0 Å². The Morgan fingerprint density at radius 2 is 1.88 bits per heavy atom. The number of aromatic carboxylic acids is 1. The summed E-state index contributed by atoms with van der Waals surface area (Å²) in [6.45, 7) is 1.29. The lowest BCUT2D eigenvalue weighted by molar-refractivity contribution is 0.0411. The Labute approximate surface area is 138 Å². The highest BCUT2D eigenvalue weighted by atomic mass is 19.1. The third-order valence-corrected chi connectivity index (χ3v) is 4.36. The summed E-state index contributed by atoms with van der Waals surface area (Å²) in [6.07, 6.45) is 0.253. The van der Waals surface area contributed by atoms with Crippen LogP contribution in [0.2, 0.25) is 0 Å². The standard InChI is InChI=1S/C18H17F2NO3/c19-15-9-14(16(20)8-13(15)17(22)23)18(24)6-7-21(11-18)10-12-4-2-1-3-5-12/h1-5,8-9,24H,6-7,10-11H2,(H,22,23). The molecular formula is C18H17F2NO3. The number of carboxylic acids is 1. The summed E-state index contributed by atoms with van der Waals surface area (Å²) in [4.78, 5) is 12.8.